The minimum Gasteiger partial charge on any atom is -0.497 e. The first-order chi connectivity index (χ1) is 14.1. The second-order valence-electron chi connectivity index (χ2n) is 6.87. The van der Waals surface area contributed by atoms with Gasteiger partial charge in [0.1, 0.15) is 11.6 Å². The van der Waals surface area contributed by atoms with Gasteiger partial charge in [-0.25, -0.2) is 9.97 Å². The number of aromatic nitrogens is 4. The molecule has 0 bridgehead atoms. The Morgan fingerprint density at radius 2 is 1.83 bits per heavy atom. The van der Waals surface area contributed by atoms with Crippen molar-refractivity contribution in [2.24, 2.45) is 0 Å². The monoisotopic (exact) mass is 401 g/mol. The number of para-hydroxylation sites is 1. The molecule has 0 aliphatic rings. The Balaban J connectivity index is 1.56. The zero-order chi connectivity index (χ0) is 20.0. The van der Waals surface area contributed by atoms with Crippen LogP contribution in [0, 0.1) is 13.8 Å². The van der Waals surface area contributed by atoms with Crippen LogP contribution < -0.4 is 10.1 Å². The molecule has 3 heterocycles. The van der Waals surface area contributed by atoms with Crippen LogP contribution in [-0.4, -0.2) is 26.9 Å². The van der Waals surface area contributed by atoms with Crippen molar-refractivity contribution in [3.63, 3.8) is 0 Å². The van der Waals surface area contributed by atoms with E-state index in [1.54, 1.807) is 18.4 Å². The number of rotatable bonds is 4. The predicted molar refractivity (Wildman–Crippen MR) is 118 cm³/mol. The smallest absolute Gasteiger partial charge is 0.189 e. The van der Waals surface area contributed by atoms with Crippen molar-refractivity contribution >= 4 is 43.4 Å². The predicted octanol–water partition coefficient (Wildman–Crippen LogP) is 5.40. The molecule has 0 atom stereocenters. The summed E-state index contributed by atoms with van der Waals surface area (Å²) in [5.74, 6) is 2.43. The molecule has 0 spiro atoms. The number of fused-ring (bicyclic) bond motifs is 2. The van der Waals surface area contributed by atoms with Gasteiger partial charge in [0.15, 0.2) is 10.9 Å². The zero-order valence-corrected chi connectivity index (χ0v) is 17.1. The highest BCUT2D eigenvalue weighted by Gasteiger charge is 2.13. The summed E-state index contributed by atoms with van der Waals surface area (Å²) < 4.78 is 8.21. The van der Waals surface area contributed by atoms with Crippen molar-refractivity contribution in [3.05, 3.63) is 65.9 Å². The van der Waals surface area contributed by atoms with Gasteiger partial charge in [-0.3, -0.25) is 0 Å². The third-order valence-corrected chi connectivity index (χ3v) is 5.72. The van der Waals surface area contributed by atoms with Gasteiger partial charge in [0.25, 0.3) is 0 Å². The second-order valence-corrected chi connectivity index (χ2v) is 7.91. The molecule has 0 saturated carbocycles. The van der Waals surface area contributed by atoms with Crippen molar-refractivity contribution in [3.8, 4) is 11.6 Å². The topological polar surface area (TPSA) is 64.9 Å². The molecule has 3 aromatic heterocycles. The quantitative estimate of drug-likeness (QED) is 0.437. The fourth-order valence-corrected chi connectivity index (χ4v) is 4.30. The van der Waals surface area contributed by atoms with E-state index < -0.39 is 0 Å². The van der Waals surface area contributed by atoms with E-state index >= 15 is 0 Å². The van der Waals surface area contributed by atoms with Crippen molar-refractivity contribution < 1.29 is 4.74 Å². The van der Waals surface area contributed by atoms with Crippen LogP contribution in [0.2, 0.25) is 0 Å². The number of pyridine rings is 1. The number of anilines is 2. The molecular formula is C22H19N5OS. The first-order valence-corrected chi connectivity index (χ1v) is 10.1. The van der Waals surface area contributed by atoms with Crippen LogP contribution in [-0.2, 0) is 0 Å². The Kier molecular flexibility index (Phi) is 4.17. The second kappa shape index (κ2) is 6.86. The van der Waals surface area contributed by atoms with Crippen molar-refractivity contribution in [1.82, 2.24) is 19.7 Å². The molecule has 6 nitrogen and oxygen atoms in total. The highest BCUT2D eigenvalue weighted by atomic mass is 32.1. The summed E-state index contributed by atoms with van der Waals surface area (Å²) in [5.41, 5.74) is 3.95. The summed E-state index contributed by atoms with van der Waals surface area (Å²) in [6, 6.07) is 18.1. The average molecular weight is 401 g/mol. The van der Waals surface area contributed by atoms with E-state index in [4.69, 9.17) is 9.72 Å². The Hall–Kier alpha value is -3.45. The molecule has 0 amide bonds. The summed E-state index contributed by atoms with van der Waals surface area (Å²) in [4.78, 5) is 9.50. The van der Waals surface area contributed by atoms with E-state index in [0.29, 0.717) is 0 Å². The van der Waals surface area contributed by atoms with E-state index in [0.717, 1.165) is 54.9 Å². The fraction of sp³-hybridized carbons (Fsp3) is 0.136. The molecule has 7 heteroatoms. The number of benzene rings is 2. The molecule has 0 aliphatic heterocycles. The Labute approximate surface area is 171 Å². The maximum Gasteiger partial charge on any atom is 0.189 e. The van der Waals surface area contributed by atoms with E-state index in [1.165, 1.54) is 0 Å². The van der Waals surface area contributed by atoms with Gasteiger partial charge in [-0.05, 0) is 49.7 Å². The third kappa shape index (κ3) is 3.19. The van der Waals surface area contributed by atoms with Gasteiger partial charge in [0.2, 0.25) is 0 Å². The van der Waals surface area contributed by atoms with E-state index in [9.17, 15) is 0 Å². The highest BCUT2D eigenvalue weighted by molar-refractivity contribution is 7.22. The molecule has 5 rings (SSSR count). The number of hydrogen-bond acceptors (Lipinski definition) is 6. The van der Waals surface area contributed by atoms with Crippen LogP contribution in [0.25, 0.3) is 26.9 Å². The summed E-state index contributed by atoms with van der Waals surface area (Å²) in [6.07, 6.45) is 0. The van der Waals surface area contributed by atoms with Crippen LogP contribution in [0.3, 0.4) is 0 Å². The molecule has 5 aromatic rings. The molecule has 29 heavy (non-hydrogen) atoms. The van der Waals surface area contributed by atoms with E-state index in [-0.39, 0.29) is 0 Å². The SMILES string of the molecule is COc1ccc2nc(Nc3cc(C)nn3-c3cc(C)c4ccccc4n3)sc2c1. The average Bonchev–Trinajstić information content (AvgIpc) is 3.29. The molecule has 144 valence electrons. The minimum atomic E-state index is 0.777. The first kappa shape index (κ1) is 17.6. The first-order valence-electron chi connectivity index (χ1n) is 9.26. The van der Waals surface area contributed by atoms with Gasteiger partial charge in [-0.1, -0.05) is 29.5 Å². The molecule has 0 aliphatic carbocycles. The molecular weight excluding hydrogens is 382 g/mol. The molecule has 1 N–H and O–H groups in total. The maximum atomic E-state index is 5.31. The number of nitrogens with zero attached hydrogens (tertiary/aromatic N) is 4. The van der Waals surface area contributed by atoms with Gasteiger partial charge in [0, 0.05) is 11.5 Å². The fourth-order valence-electron chi connectivity index (χ4n) is 3.40. The highest BCUT2D eigenvalue weighted by Crippen LogP contribution is 2.32. The molecule has 0 saturated heterocycles. The third-order valence-electron chi connectivity index (χ3n) is 4.79. The molecule has 0 fully saturated rings. The normalized spacial score (nSPS) is 11.3. The lowest BCUT2D eigenvalue weighted by Crippen LogP contribution is -2.05. The molecule has 0 radical (unpaired) electrons. The number of aryl methyl sites for hydroxylation is 2. The van der Waals surface area contributed by atoms with E-state index in [1.807, 2.05) is 54.1 Å². The number of hydrogen-bond donors (Lipinski definition) is 1. The largest absolute Gasteiger partial charge is 0.497 e. The number of nitrogens with one attached hydrogen (secondary N) is 1. The van der Waals surface area contributed by atoms with E-state index in [2.05, 4.69) is 34.5 Å². The van der Waals surface area contributed by atoms with Gasteiger partial charge in [-0.2, -0.15) is 9.78 Å². The van der Waals surface area contributed by atoms with Crippen LogP contribution in [0.1, 0.15) is 11.3 Å². The minimum absolute atomic E-state index is 0.777. The van der Waals surface area contributed by atoms with Gasteiger partial charge in [-0.15, -0.1) is 0 Å². The van der Waals surface area contributed by atoms with Crippen LogP contribution in [0.5, 0.6) is 5.75 Å². The van der Waals surface area contributed by atoms with Gasteiger partial charge < -0.3 is 10.1 Å². The lowest BCUT2D eigenvalue weighted by Gasteiger charge is -2.10. The Morgan fingerprint density at radius 3 is 2.69 bits per heavy atom. The van der Waals surface area contributed by atoms with Crippen LogP contribution in [0.15, 0.2) is 54.6 Å². The Morgan fingerprint density at radius 1 is 0.966 bits per heavy atom. The number of ether oxygens (including phenoxy) is 1. The number of thiazole rings is 1. The van der Waals surface area contributed by atoms with Gasteiger partial charge >= 0.3 is 0 Å². The van der Waals surface area contributed by atoms with Crippen LogP contribution in [0.4, 0.5) is 10.9 Å². The number of methoxy groups -OCH3 is 1. The Bertz CT molecular complexity index is 1350. The summed E-state index contributed by atoms with van der Waals surface area (Å²) in [5, 5.41) is 10.0. The summed E-state index contributed by atoms with van der Waals surface area (Å²) in [7, 11) is 1.67. The maximum absolute atomic E-state index is 5.31. The van der Waals surface area contributed by atoms with Crippen molar-refractivity contribution in [1.29, 1.82) is 0 Å². The summed E-state index contributed by atoms with van der Waals surface area (Å²) in [6.45, 7) is 4.07. The van der Waals surface area contributed by atoms with Crippen molar-refractivity contribution in [2.75, 3.05) is 12.4 Å². The standard InChI is InChI=1S/C22H19N5OS/c1-13-10-20(23-17-7-5-4-6-16(13)17)27-21(11-14(2)26-27)25-22-24-18-9-8-15(28-3)12-19(18)29-22/h4-12H,1-3H3,(H,24,25). The lowest BCUT2D eigenvalue weighted by atomic mass is 10.1. The molecule has 2 aromatic carbocycles. The zero-order valence-electron chi connectivity index (χ0n) is 16.3. The molecule has 0 unspecified atom stereocenters. The lowest BCUT2D eigenvalue weighted by molar-refractivity contribution is 0.415. The van der Waals surface area contributed by atoms with Gasteiger partial charge in [0.05, 0.1) is 28.5 Å². The van der Waals surface area contributed by atoms with Crippen LogP contribution >= 0.6 is 11.3 Å². The summed E-state index contributed by atoms with van der Waals surface area (Å²) >= 11 is 1.58. The van der Waals surface area contributed by atoms with Crippen molar-refractivity contribution in [2.45, 2.75) is 13.8 Å².